The highest BCUT2D eigenvalue weighted by Crippen LogP contribution is 1.89. The Kier molecular flexibility index (Phi) is 2.55. The van der Waals surface area contributed by atoms with Crippen LogP contribution in [0.4, 0.5) is 0 Å². The molecule has 0 unspecified atom stereocenters. The minimum atomic E-state index is 0.711. The van der Waals surface area contributed by atoms with Gasteiger partial charge in [0.05, 0.1) is 6.54 Å². The predicted octanol–water partition coefficient (Wildman–Crippen LogP) is 0.726. The molecule has 0 N–H and O–H groups in total. The van der Waals surface area contributed by atoms with Crippen LogP contribution in [0.3, 0.4) is 0 Å². The van der Waals surface area contributed by atoms with E-state index in [0.29, 0.717) is 6.54 Å². The molecule has 0 atom stereocenters. The first-order valence-corrected chi connectivity index (χ1v) is 3.09. The SMILES string of the molecule is CN=C/C=C\C1=NCC=N1. The van der Waals surface area contributed by atoms with E-state index in [1.54, 1.807) is 19.5 Å². The van der Waals surface area contributed by atoms with Gasteiger partial charge in [-0.05, 0) is 12.2 Å². The van der Waals surface area contributed by atoms with E-state index in [0.717, 1.165) is 5.84 Å². The Morgan fingerprint density at radius 1 is 1.70 bits per heavy atom. The molecule has 0 aromatic carbocycles. The Morgan fingerprint density at radius 3 is 3.20 bits per heavy atom. The van der Waals surface area contributed by atoms with Gasteiger partial charge in [-0.15, -0.1) is 0 Å². The van der Waals surface area contributed by atoms with Gasteiger partial charge in [-0.1, -0.05) is 0 Å². The summed E-state index contributed by atoms with van der Waals surface area (Å²) >= 11 is 0. The van der Waals surface area contributed by atoms with Crippen molar-refractivity contribution in [2.45, 2.75) is 0 Å². The fourth-order valence-corrected chi connectivity index (χ4v) is 0.620. The van der Waals surface area contributed by atoms with E-state index in [1.165, 1.54) is 0 Å². The van der Waals surface area contributed by atoms with Crippen molar-refractivity contribution in [3.05, 3.63) is 12.2 Å². The lowest BCUT2D eigenvalue weighted by Gasteiger charge is -1.79. The lowest BCUT2D eigenvalue weighted by atomic mass is 10.5. The van der Waals surface area contributed by atoms with Gasteiger partial charge in [-0.25, -0.2) is 4.99 Å². The number of rotatable bonds is 2. The van der Waals surface area contributed by atoms with Crippen LogP contribution < -0.4 is 0 Å². The van der Waals surface area contributed by atoms with Crippen LogP contribution in [0.1, 0.15) is 0 Å². The van der Waals surface area contributed by atoms with Crippen LogP contribution in [0.25, 0.3) is 0 Å². The first-order valence-electron chi connectivity index (χ1n) is 3.09. The Labute approximate surface area is 59.9 Å². The van der Waals surface area contributed by atoms with Crippen molar-refractivity contribution >= 4 is 18.3 Å². The lowest BCUT2D eigenvalue weighted by Crippen LogP contribution is -1.81. The third kappa shape index (κ3) is 1.93. The quantitative estimate of drug-likeness (QED) is 0.500. The van der Waals surface area contributed by atoms with Crippen LogP contribution in [0.5, 0.6) is 0 Å². The molecule has 0 saturated heterocycles. The molecule has 0 radical (unpaired) electrons. The van der Waals surface area contributed by atoms with Gasteiger partial charge in [-0.3, -0.25) is 9.98 Å². The van der Waals surface area contributed by atoms with Crippen LogP contribution in [0.2, 0.25) is 0 Å². The highest BCUT2D eigenvalue weighted by Gasteiger charge is 1.92. The Hall–Kier alpha value is -1.25. The van der Waals surface area contributed by atoms with Crippen LogP contribution in [-0.4, -0.2) is 31.9 Å². The minimum absolute atomic E-state index is 0.711. The average molecular weight is 135 g/mol. The molecule has 0 bridgehead atoms. The predicted molar refractivity (Wildman–Crippen MR) is 44.4 cm³/mol. The molecule has 52 valence electrons. The maximum Gasteiger partial charge on any atom is 0.147 e. The van der Waals surface area contributed by atoms with Crippen molar-refractivity contribution in [1.82, 2.24) is 0 Å². The van der Waals surface area contributed by atoms with Crippen molar-refractivity contribution in [3.8, 4) is 0 Å². The van der Waals surface area contributed by atoms with Gasteiger partial charge in [0, 0.05) is 19.5 Å². The smallest absolute Gasteiger partial charge is 0.147 e. The third-order valence-electron chi connectivity index (χ3n) is 1.04. The summed E-state index contributed by atoms with van der Waals surface area (Å²) in [6.07, 6.45) is 7.14. The van der Waals surface area contributed by atoms with Gasteiger partial charge in [0.2, 0.25) is 0 Å². The summed E-state index contributed by atoms with van der Waals surface area (Å²) in [4.78, 5) is 11.8. The van der Waals surface area contributed by atoms with Gasteiger partial charge in [0.15, 0.2) is 0 Å². The molecule has 0 saturated carbocycles. The van der Waals surface area contributed by atoms with Gasteiger partial charge in [0.25, 0.3) is 0 Å². The Morgan fingerprint density at radius 2 is 2.60 bits per heavy atom. The van der Waals surface area contributed by atoms with E-state index in [2.05, 4.69) is 15.0 Å². The van der Waals surface area contributed by atoms with Crippen molar-refractivity contribution in [1.29, 1.82) is 0 Å². The minimum Gasteiger partial charge on any atom is -0.297 e. The molecular weight excluding hydrogens is 126 g/mol. The average Bonchev–Trinajstić information content (AvgIpc) is 2.41. The van der Waals surface area contributed by atoms with Crippen LogP contribution >= 0.6 is 0 Å². The van der Waals surface area contributed by atoms with Crippen LogP contribution in [-0.2, 0) is 0 Å². The van der Waals surface area contributed by atoms with Gasteiger partial charge in [0.1, 0.15) is 5.84 Å². The maximum absolute atomic E-state index is 4.05. The molecule has 1 rings (SSSR count). The first kappa shape index (κ1) is 6.86. The zero-order valence-corrected chi connectivity index (χ0v) is 5.86. The molecule has 3 nitrogen and oxygen atoms in total. The summed E-state index contributed by atoms with van der Waals surface area (Å²) in [7, 11) is 1.73. The second-order valence-electron chi connectivity index (χ2n) is 1.78. The first-order chi connectivity index (χ1) is 4.93. The molecule has 0 amide bonds. The number of hydrogen-bond donors (Lipinski definition) is 0. The normalized spacial score (nSPS) is 17.5. The summed E-state index contributed by atoms with van der Waals surface area (Å²) in [5.74, 6) is 0.778. The fraction of sp³-hybridized carbons (Fsp3) is 0.286. The van der Waals surface area contributed by atoms with E-state index in [1.807, 2.05) is 12.2 Å². The molecule has 3 heteroatoms. The van der Waals surface area contributed by atoms with Crippen molar-refractivity contribution in [2.24, 2.45) is 15.0 Å². The molecule has 0 aromatic heterocycles. The molecule has 0 spiro atoms. The van der Waals surface area contributed by atoms with E-state index in [-0.39, 0.29) is 0 Å². The van der Waals surface area contributed by atoms with E-state index in [4.69, 9.17) is 0 Å². The standard InChI is InChI=1S/C7H9N3/c1-8-4-2-3-7-9-5-6-10-7/h2-5H,6H2,1H3/b3-2-,8-4?. The maximum atomic E-state index is 4.05. The zero-order chi connectivity index (χ0) is 7.23. The summed E-state index contributed by atoms with van der Waals surface area (Å²) in [5, 5.41) is 0. The van der Waals surface area contributed by atoms with Gasteiger partial charge < -0.3 is 0 Å². The lowest BCUT2D eigenvalue weighted by molar-refractivity contribution is 1.36. The summed E-state index contributed by atoms with van der Waals surface area (Å²) in [5.41, 5.74) is 0. The molecule has 1 aliphatic rings. The zero-order valence-electron chi connectivity index (χ0n) is 5.86. The van der Waals surface area contributed by atoms with Crippen molar-refractivity contribution < 1.29 is 0 Å². The largest absolute Gasteiger partial charge is 0.297 e. The van der Waals surface area contributed by atoms with Crippen molar-refractivity contribution in [3.63, 3.8) is 0 Å². The number of amidine groups is 1. The molecule has 0 aliphatic carbocycles. The molecule has 10 heavy (non-hydrogen) atoms. The Bertz CT molecular complexity index is 211. The second kappa shape index (κ2) is 3.71. The molecule has 1 aliphatic heterocycles. The summed E-state index contributed by atoms with van der Waals surface area (Å²) in [6, 6.07) is 0. The summed E-state index contributed by atoms with van der Waals surface area (Å²) in [6.45, 7) is 0.711. The highest BCUT2D eigenvalue weighted by molar-refractivity contribution is 6.03. The number of aliphatic imine (C=N–C) groups is 3. The Balaban J connectivity index is 2.44. The molecule has 0 fully saturated rings. The number of allylic oxidation sites excluding steroid dienone is 1. The van der Waals surface area contributed by atoms with Crippen molar-refractivity contribution in [2.75, 3.05) is 13.6 Å². The third-order valence-corrected chi connectivity index (χ3v) is 1.04. The van der Waals surface area contributed by atoms with Crippen LogP contribution in [0.15, 0.2) is 27.1 Å². The topological polar surface area (TPSA) is 37.1 Å². The molecule has 0 aromatic rings. The van der Waals surface area contributed by atoms with Gasteiger partial charge >= 0.3 is 0 Å². The second-order valence-corrected chi connectivity index (χ2v) is 1.78. The monoisotopic (exact) mass is 135 g/mol. The highest BCUT2D eigenvalue weighted by atomic mass is 15.0. The molecule has 1 heterocycles. The van der Waals surface area contributed by atoms with E-state index in [9.17, 15) is 0 Å². The van der Waals surface area contributed by atoms with E-state index >= 15 is 0 Å². The van der Waals surface area contributed by atoms with E-state index < -0.39 is 0 Å². The number of hydrogen-bond acceptors (Lipinski definition) is 3. The van der Waals surface area contributed by atoms with Gasteiger partial charge in [-0.2, -0.15) is 0 Å². The fourth-order valence-electron chi connectivity index (χ4n) is 0.620. The number of nitrogens with zero attached hydrogens (tertiary/aromatic N) is 3. The van der Waals surface area contributed by atoms with Crippen LogP contribution in [0, 0.1) is 0 Å². The summed E-state index contributed by atoms with van der Waals surface area (Å²) < 4.78 is 0. The molecular formula is C7H9N3.